The van der Waals surface area contributed by atoms with Crippen molar-refractivity contribution in [1.29, 1.82) is 5.41 Å². The van der Waals surface area contributed by atoms with E-state index in [2.05, 4.69) is 21.3 Å². The Morgan fingerprint density at radius 3 is 1.61 bits per heavy atom. The van der Waals surface area contributed by atoms with E-state index < -0.39 is 103 Å². The lowest BCUT2D eigenvalue weighted by Crippen LogP contribution is -2.59. The van der Waals surface area contributed by atoms with Gasteiger partial charge in [0.25, 0.3) is 0 Å². The first-order valence-electron chi connectivity index (χ1n) is 14.3. The third-order valence-corrected chi connectivity index (χ3v) is 6.26. The minimum Gasteiger partial charge on any atom is -0.481 e. The average molecular weight is 660 g/mol. The summed E-state index contributed by atoms with van der Waals surface area (Å²) in [7, 11) is 0. The topological polar surface area (TPSA) is 359 Å². The molecular formula is C26H45N9O11. The zero-order chi connectivity index (χ0) is 35.6. The molecule has 0 aliphatic carbocycles. The number of hydrogen-bond acceptors (Lipinski definition) is 10. The maximum absolute atomic E-state index is 13.4. The van der Waals surface area contributed by atoms with Gasteiger partial charge in [0.1, 0.15) is 24.2 Å². The number of nitrogens with one attached hydrogen (secondary N) is 6. The first kappa shape index (κ1) is 41.0. The molecule has 0 heterocycles. The van der Waals surface area contributed by atoms with E-state index in [0.29, 0.717) is 0 Å². The van der Waals surface area contributed by atoms with Crippen LogP contribution in [0.1, 0.15) is 65.2 Å². The summed E-state index contributed by atoms with van der Waals surface area (Å²) in [5.41, 5.74) is 16.1. The van der Waals surface area contributed by atoms with Crippen molar-refractivity contribution >= 4 is 53.4 Å². The molecule has 0 fully saturated rings. The van der Waals surface area contributed by atoms with Crippen LogP contribution in [0.2, 0.25) is 0 Å². The molecular weight excluding hydrogens is 614 g/mol. The summed E-state index contributed by atoms with van der Waals surface area (Å²) in [6, 6.07) is -7.23. The molecule has 0 saturated carbocycles. The van der Waals surface area contributed by atoms with Gasteiger partial charge in [0.05, 0.1) is 12.5 Å². The van der Waals surface area contributed by atoms with E-state index in [0.717, 1.165) is 0 Å². The average Bonchev–Trinajstić information content (AvgIpc) is 2.93. The van der Waals surface area contributed by atoms with E-state index in [4.69, 9.17) is 32.8 Å². The number of carboxylic acid groups (broad SMARTS) is 3. The largest absolute Gasteiger partial charge is 0.481 e. The molecule has 0 rings (SSSR count). The number of hydrogen-bond donors (Lipinski definition) is 12. The molecule has 20 heteroatoms. The molecule has 0 unspecified atom stereocenters. The lowest BCUT2D eigenvalue weighted by molar-refractivity contribution is -0.144. The van der Waals surface area contributed by atoms with Crippen LogP contribution in [0, 0.1) is 11.3 Å². The van der Waals surface area contributed by atoms with E-state index in [1.165, 1.54) is 0 Å². The van der Waals surface area contributed by atoms with Crippen molar-refractivity contribution < 1.29 is 53.7 Å². The van der Waals surface area contributed by atoms with Crippen LogP contribution in [0.15, 0.2) is 0 Å². The molecule has 260 valence electrons. The normalized spacial score (nSPS) is 14.0. The molecule has 0 aliphatic rings. The first-order valence-corrected chi connectivity index (χ1v) is 14.3. The third-order valence-electron chi connectivity index (χ3n) is 6.26. The molecule has 20 nitrogen and oxygen atoms in total. The zero-order valence-corrected chi connectivity index (χ0v) is 25.7. The SMILES string of the molecule is CC(C)C[C@H](NC(=O)[C@H](CCCNC(=N)N)NC(=O)[C@@H](N)CCC(=O)O)C(=O)N[C@@H](CCC(=O)O)C(=O)N[C@@H](CC(N)=O)C(=O)O. The molecule has 0 aromatic rings. The summed E-state index contributed by atoms with van der Waals surface area (Å²) in [5, 5.41) is 46.4. The number of aliphatic carboxylic acids is 3. The van der Waals surface area contributed by atoms with Gasteiger partial charge in [-0.15, -0.1) is 0 Å². The fraction of sp³-hybridized carbons (Fsp3) is 0.654. The lowest BCUT2D eigenvalue weighted by Gasteiger charge is -2.27. The molecule has 0 aliphatic heterocycles. The minimum atomic E-state index is -1.76. The monoisotopic (exact) mass is 659 g/mol. The number of rotatable bonds is 23. The Bertz CT molecular complexity index is 1130. The molecule has 46 heavy (non-hydrogen) atoms. The predicted molar refractivity (Wildman–Crippen MR) is 159 cm³/mol. The zero-order valence-electron chi connectivity index (χ0n) is 25.7. The van der Waals surface area contributed by atoms with Crippen LogP contribution < -0.4 is 43.8 Å². The van der Waals surface area contributed by atoms with Gasteiger partial charge >= 0.3 is 17.9 Å². The van der Waals surface area contributed by atoms with Gasteiger partial charge in [-0.05, 0) is 38.0 Å². The number of carbonyl (C=O) groups excluding carboxylic acids is 5. The number of nitrogens with two attached hydrogens (primary N) is 3. The van der Waals surface area contributed by atoms with E-state index in [9.17, 15) is 43.5 Å². The Morgan fingerprint density at radius 1 is 0.674 bits per heavy atom. The quantitative estimate of drug-likeness (QED) is 0.0285. The second kappa shape index (κ2) is 20.9. The van der Waals surface area contributed by atoms with E-state index in [1.807, 2.05) is 5.32 Å². The van der Waals surface area contributed by atoms with Crippen molar-refractivity contribution in [2.45, 2.75) is 95.4 Å². The second-order valence-corrected chi connectivity index (χ2v) is 10.8. The Hall–Kier alpha value is -5.01. The summed E-state index contributed by atoms with van der Waals surface area (Å²) in [6.07, 6.45) is -2.31. The molecule has 0 radical (unpaired) electrons. The summed E-state index contributed by atoms with van der Waals surface area (Å²) < 4.78 is 0. The van der Waals surface area contributed by atoms with Crippen molar-refractivity contribution in [2.75, 3.05) is 6.54 Å². The van der Waals surface area contributed by atoms with Gasteiger partial charge in [-0.25, -0.2) is 4.79 Å². The van der Waals surface area contributed by atoms with Crippen LogP contribution in [0.3, 0.4) is 0 Å². The summed E-state index contributed by atoms with van der Waals surface area (Å²) in [4.78, 5) is 97.0. The molecule has 0 bridgehead atoms. The number of amides is 5. The van der Waals surface area contributed by atoms with Gasteiger partial charge in [-0.2, -0.15) is 0 Å². The summed E-state index contributed by atoms with van der Waals surface area (Å²) in [5.74, 6) is -9.43. The van der Waals surface area contributed by atoms with Crippen molar-refractivity contribution in [3.63, 3.8) is 0 Å². The summed E-state index contributed by atoms with van der Waals surface area (Å²) >= 11 is 0. The molecule has 0 saturated heterocycles. The van der Waals surface area contributed by atoms with Crippen LogP contribution >= 0.6 is 0 Å². The highest BCUT2D eigenvalue weighted by Gasteiger charge is 2.32. The maximum Gasteiger partial charge on any atom is 0.326 e. The van der Waals surface area contributed by atoms with E-state index in [-0.39, 0.29) is 44.1 Å². The fourth-order valence-corrected chi connectivity index (χ4v) is 3.94. The molecule has 0 aromatic carbocycles. The Labute approximate surface area is 264 Å². The van der Waals surface area contributed by atoms with Crippen LogP contribution in [-0.4, -0.2) is 105 Å². The fourth-order valence-electron chi connectivity index (χ4n) is 3.94. The molecule has 5 amide bonds. The molecule has 0 spiro atoms. The van der Waals surface area contributed by atoms with Gasteiger partial charge in [0.2, 0.25) is 29.5 Å². The highest BCUT2D eigenvalue weighted by atomic mass is 16.4. The van der Waals surface area contributed by atoms with Gasteiger partial charge in [0, 0.05) is 19.4 Å². The van der Waals surface area contributed by atoms with Crippen LogP contribution in [-0.2, 0) is 38.4 Å². The van der Waals surface area contributed by atoms with Gasteiger partial charge in [-0.1, -0.05) is 13.8 Å². The smallest absolute Gasteiger partial charge is 0.326 e. The van der Waals surface area contributed by atoms with Gasteiger partial charge in [-0.3, -0.25) is 39.0 Å². The van der Waals surface area contributed by atoms with E-state index >= 15 is 0 Å². The Balaban J connectivity index is 6.02. The van der Waals surface area contributed by atoms with Crippen molar-refractivity contribution in [1.82, 2.24) is 26.6 Å². The molecule has 5 atom stereocenters. The van der Waals surface area contributed by atoms with Crippen LogP contribution in [0.5, 0.6) is 0 Å². The van der Waals surface area contributed by atoms with Crippen molar-refractivity contribution in [3.05, 3.63) is 0 Å². The highest BCUT2D eigenvalue weighted by molar-refractivity contribution is 5.96. The van der Waals surface area contributed by atoms with Crippen LogP contribution in [0.25, 0.3) is 0 Å². The Kier molecular flexibility index (Phi) is 18.6. The number of primary amides is 1. The lowest BCUT2D eigenvalue weighted by atomic mass is 10.0. The summed E-state index contributed by atoms with van der Waals surface area (Å²) in [6.45, 7) is 3.58. The van der Waals surface area contributed by atoms with E-state index in [1.54, 1.807) is 13.8 Å². The highest BCUT2D eigenvalue weighted by Crippen LogP contribution is 2.09. The third kappa shape index (κ3) is 18.0. The van der Waals surface area contributed by atoms with Gasteiger partial charge < -0.3 is 59.1 Å². The number of carbonyl (C=O) groups is 8. The standard InChI is InChI=1S/C26H45N9O11/c1-12(2)10-16(24(44)33-15(6-8-20(39)40)23(43)35-17(25(45)46)11-18(28)36)34-22(42)14(4-3-9-31-26(29)30)32-21(41)13(27)5-7-19(37)38/h12-17H,3-11,27H2,1-2H3,(H2,28,36)(H,32,41)(H,33,44)(H,34,42)(H,35,43)(H,37,38)(H,39,40)(H,45,46)(H4,29,30,31)/t13-,14-,15-,16-,17-/m0/s1. The maximum atomic E-state index is 13.4. The molecule has 15 N–H and O–H groups in total. The predicted octanol–water partition coefficient (Wildman–Crippen LogP) is -3.75. The Morgan fingerprint density at radius 2 is 1.13 bits per heavy atom. The van der Waals surface area contributed by atoms with Crippen molar-refractivity contribution in [3.8, 4) is 0 Å². The molecule has 0 aromatic heterocycles. The number of guanidine groups is 1. The van der Waals surface area contributed by atoms with Crippen molar-refractivity contribution in [2.24, 2.45) is 23.1 Å². The second-order valence-electron chi connectivity index (χ2n) is 10.8. The number of carboxylic acids is 3. The minimum absolute atomic E-state index is 0.00888. The van der Waals surface area contributed by atoms with Crippen LogP contribution in [0.4, 0.5) is 0 Å². The van der Waals surface area contributed by atoms with Gasteiger partial charge in [0.15, 0.2) is 5.96 Å². The first-order chi connectivity index (χ1) is 21.3.